The number of ether oxygens (including phenoxy) is 2. The van der Waals surface area contributed by atoms with Crippen LogP contribution in [0.4, 0.5) is 5.82 Å². The summed E-state index contributed by atoms with van der Waals surface area (Å²) in [7, 11) is -3.52. The Morgan fingerprint density at radius 1 is 1.22 bits per heavy atom. The number of anilines is 1. The fraction of sp³-hybridized carbons (Fsp3) is 0.421. The number of benzene rings is 1. The first-order valence-electron chi connectivity index (χ1n) is 9.78. The summed E-state index contributed by atoms with van der Waals surface area (Å²) in [4.78, 5) is 13.8. The van der Waals surface area contributed by atoms with Crippen LogP contribution in [0.25, 0.3) is 11.2 Å². The summed E-state index contributed by atoms with van der Waals surface area (Å²) in [5.41, 5.74) is 6.36. The molecule has 0 saturated carbocycles. The first-order valence-corrected chi connectivity index (χ1v) is 13.3. The van der Waals surface area contributed by atoms with E-state index in [1.165, 1.54) is 18.1 Å². The number of sulfonamides is 1. The van der Waals surface area contributed by atoms with Crippen molar-refractivity contribution in [2.45, 2.75) is 42.9 Å². The standard InChI is InChI=1S/C19H23IN6O4S2/c1-19(2,3)25-32(27,28)7-4-26-17-15(16(21)22-10-23-17)24-18(26)31-14-9-13-12(8-11(14)20)29-5-6-30-13/h8-10,25H,4-7H2,1-3H3,(H2,21,22,23). The molecule has 3 N–H and O–H groups in total. The van der Waals surface area contributed by atoms with Crippen LogP contribution in [0.3, 0.4) is 0 Å². The quantitative estimate of drug-likeness (QED) is 0.416. The van der Waals surface area contributed by atoms with E-state index in [1.807, 2.05) is 12.1 Å². The van der Waals surface area contributed by atoms with Crippen molar-refractivity contribution in [2.75, 3.05) is 24.7 Å². The Balaban J connectivity index is 1.70. The molecule has 0 radical (unpaired) electrons. The predicted molar refractivity (Wildman–Crippen MR) is 131 cm³/mol. The molecule has 3 heterocycles. The summed E-state index contributed by atoms with van der Waals surface area (Å²) in [5.74, 6) is 1.47. The summed E-state index contributed by atoms with van der Waals surface area (Å²) in [6, 6.07) is 3.81. The van der Waals surface area contributed by atoms with Gasteiger partial charge < -0.3 is 19.8 Å². The highest BCUT2D eigenvalue weighted by atomic mass is 127. The molecule has 1 aromatic carbocycles. The van der Waals surface area contributed by atoms with Gasteiger partial charge in [0, 0.05) is 20.5 Å². The lowest BCUT2D eigenvalue weighted by Gasteiger charge is -2.21. The largest absolute Gasteiger partial charge is 0.486 e. The monoisotopic (exact) mass is 590 g/mol. The SMILES string of the molecule is CC(C)(C)NS(=O)(=O)CCn1c(Sc2cc3c(cc2I)OCCO3)nc2c(N)ncnc21. The number of aromatic nitrogens is 4. The highest BCUT2D eigenvalue weighted by Crippen LogP contribution is 2.40. The summed E-state index contributed by atoms with van der Waals surface area (Å²) >= 11 is 3.61. The van der Waals surface area contributed by atoms with Gasteiger partial charge in [0.25, 0.3) is 0 Å². The Morgan fingerprint density at radius 2 is 1.91 bits per heavy atom. The second-order valence-corrected chi connectivity index (χ2v) is 12.2. The zero-order valence-corrected chi connectivity index (χ0v) is 21.5. The lowest BCUT2D eigenvalue weighted by Crippen LogP contribution is -2.42. The summed E-state index contributed by atoms with van der Waals surface area (Å²) in [6.07, 6.45) is 1.35. The van der Waals surface area contributed by atoms with Crippen LogP contribution in [0, 0.1) is 3.57 Å². The first-order chi connectivity index (χ1) is 15.0. The molecule has 13 heteroatoms. The van der Waals surface area contributed by atoms with Gasteiger partial charge in [0.1, 0.15) is 19.5 Å². The number of nitrogens with one attached hydrogen (secondary N) is 1. The van der Waals surface area contributed by atoms with E-state index in [0.717, 1.165) is 8.47 Å². The minimum atomic E-state index is -3.52. The number of hydrogen-bond acceptors (Lipinski definition) is 9. The number of nitrogen functional groups attached to an aromatic ring is 1. The van der Waals surface area contributed by atoms with Crippen LogP contribution in [0.15, 0.2) is 28.5 Å². The molecule has 3 aromatic rings. The molecule has 0 fully saturated rings. The van der Waals surface area contributed by atoms with Gasteiger partial charge in [0.05, 0.1) is 5.75 Å². The fourth-order valence-electron chi connectivity index (χ4n) is 3.16. The molecule has 10 nitrogen and oxygen atoms in total. The van der Waals surface area contributed by atoms with E-state index < -0.39 is 15.6 Å². The van der Waals surface area contributed by atoms with Gasteiger partial charge in [0.15, 0.2) is 33.6 Å². The maximum Gasteiger partial charge on any atom is 0.213 e. The third-order valence-corrected chi connectivity index (χ3v) is 8.32. The lowest BCUT2D eigenvalue weighted by molar-refractivity contribution is 0.171. The van der Waals surface area contributed by atoms with Crippen molar-refractivity contribution in [3.05, 3.63) is 22.0 Å². The van der Waals surface area contributed by atoms with Gasteiger partial charge in [-0.2, -0.15) is 0 Å². The molecular weight excluding hydrogens is 567 g/mol. The van der Waals surface area contributed by atoms with Crippen molar-refractivity contribution in [3.63, 3.8) is 0 Å². The van der Waals surface area contributed by atoms with Crippen molar-refractivity contribution < 1.29 is 17.9 Å². The normalized spacial score (nSPS) is 14.1. The molecule has 0 atom stereocenters. The number of aryl methyl sites for hydroxylation is 1. The minimum Gasteiger partial charge on any atom is -0.486 e. The molecule has 0 spiro atoms. The number of halogens is 1. The minimum absolute atomic E-state index is 0.134. The summed E-state index contributed by atoms with van der Waals surface area (Å²) < 4.78 is 41.9. The van der Waals surface area contributed by atoms with Crippen LogP contribution in [0.1, 0.15) is 20.8 Å². The van der Waals surface area contributed by atoms with Gasteiger partial charge in [-0.15, -0.1) is 0 Å². The van der Waals surface area contributed by atoms with Gasteiger partial charge in [-0.25, -0.2) is 28.1 Å². The van der Waals surface area contributed by atoms with E-state index in [2.05, 4.69) is 42.3 Å². The zero-order chi connectivity index (χ0) is 23.1. The molecule has 2 aromatic heterocycles. The van der Waals surface area contributed by atoms with Gasteiger partial charge in [-0.05, 0) is 55.5 Å². The van der Waals surface area contributed by atoms with Crippen molar-refractivity contribution in [3.8, 4) is 11.5 Å². The molecule has 0 amide bonds. The molecule has 0 saturated heterocycles. The number of nitrogens with zero attached hydrogens (tertiary/aromatic N) is 4. The Labute approximate surface area is 203 Å². The fourth-order valence-corrected chi connectivity index (χ4v) is 6.34. The van der Waals surface area contributed by atoms with Gasteiger partial charge >= 0.3 is 0 Å². The van der Waals surface area contributed by atoms with Crippen LogP contribution < -0.4 is 19.9 Å². The second kappa shape index (κ2) is 8.83. The van der Waals surface area contributed by atoms with E-state index in [9.17, 15) is 8.42 Å². The molecule has 0 unspecified atom stereocenters. The molecule has 0 aliphatic carbocycles. The van der Waals surface area contributed by atoms with Crippen LogP contribution in [0.2, 0.25) is 0 Å². The Morgan fingerprint density at radius 3 is 2.59 bits per heavy atom. The molecular formula is C19H23IN6O4S2. The topological polar surface area (TPSA) is 134 Å². The number of fused-ring (bicyclic) bond motifs is 2. The number of hydrogen-bond donors (Lipinski definition) is 2. The highest BCUT2D eigenvalue weighted by molar-refractivity contribution is 14.1. The third-order valence-electron chi connectivity index (χ3n) is 4.37. The molecule has 4 rings (SSSR count). The molecule has 1 aliphatic heterocycles. The van der Waals surface area contributed by atoms with E-state index >= 15 is 0 Å². The highest BCUT2D eigenvalue weighted by Gasteiger charge is 2.23. The Hall–Kier alpha value is -1.84. The van der Waals surface area contributed by atoms with Crippen molar-refractivity contribution in [1.29, 1.82) is 0 Å². The van der Waals surface area contributed by atoms with Crippen LogP contribution >= 0.6 is 34.4 Å². The second-order valence-electron chi connectivity index (χ2n) is 8.18. The molecule has 172 valence electrons. The van der Waals surface area contributed by atoms with Crippen molar-refractivity contribution in [2.24, 2.45) is 0 Å². The maximum absolute atomic E-state index is 12.6. The number of imidazole rings is 1. The predicted octanol–water partition coefficient (Wildman–Crippen LogP) is 2.65. The molecule has 0 bridgehead atoms. The van der Waals surface area contributed by atoms with E-state index in [-0.39, 0.29) is 18.1 Å². The number of rotatable bonds is 6. The molecule has 1 aliphatic rings. The van der Waals surface area contributed by atoms with Crippen LogP contribution in [-0.2, 0) is 16.6 Å². The van der Waals surface area contributed by atoms with Gasteiger partial charge in [-0.3, -0.25) is 0 Å². The Kier molecular flexibility index (Phi) is 6.44. The maximum atomic E-state index is 12.6. The smallest absolute Gasteiger partial charge is 0.213 e. The zero-order valence-electron chi connectivity index (χ0n) is 17.8. The lowest BCUT2D eigenvalue weighted by atomic mass is 10.1. The first kappa shape index (κ1) is 23.3. The van der Waals surface area contributed by atoms with Crippen LogP contribution in [-0.4, -0.2) is 52.4 Å². The van der Waals surface area contributed by atoms with Crippen molar-refractivity contribution in [1.82, 2.24) is 24.2 Å². The van der Waals surface area contributed by atoms with Gasteiger partial charge in [0.2, 0.25) is 10.0 Å². The summed E-state index contributed by atoms with van der Waals surface area (Å²) in [6.45, 7) is 6.56. The average molecular weight is 590 g/mol. The van der Waals surface area contributed by atoms with Crippen LogP contribution in [0.5, 0.6) is 11.5 Å². The Bertz CT molecular complexity index is 1270. The third kappa shape index (κ3) is 5.21. The molecule has 32 heavy (non-hydrogen) atoms. The van der Waals surface area contributed by atoms with E-state index in [0.29, 0.717) is 41.0 Å². The van der Waals surface area contributed by atoms with Gasteiger partial charge in [-0.1, -0.05) is 11.8 Å². The average Bonchev–Trinajstić information content (AvgIpc) is 3.04. The van der Waals surface area contributed by atoms with E-state index in [4.69, 9.17) is 15.2 Å². The van der Waals surface area contributed by atoms with E-state index in [1.54, 1.807) is 25.3 Å². The van der Waals surface area contributed by atoms with Crippen molar-refractivity contribution >= 4 is 61.4 Å². The number of nitrogens with two attached hydrogens (primary N) is 1. The summed E-state index contributed by atoms with van der Waals surface area (Å²) in [5, 5.41) is 0.563.